The number of para-hydroxylation sites is 1. The summed E-state index contributed by atoms with van der Waals surface area (Å²) in [5.74, 6) is 0.215. The van der Waals surface area contributed by atoms with Gasteiger partial charge in [-0.25, -0.2) is 5.43 Å². The van der Waals surface area contributed by atoms with E-state index in [1.54, 1.807) is 24.4 Å². The van der Waals surface area contributed by atoms with Crippen molar-refractivity contribution in [3.8, 4) is 11.5 Å². The highest BCUT2D eigenvalue weighted by atomic mass is 16.7. The summed E-state index contributed by atoms with van der Waals surface area (Å²) in [6.07, 6.45) is 1.65. The summed E-state index contributed by atoms with van der Waals surface area (Å²) < 4.78 is 12.7. The number of carbonyl (C=O) groups is 2. The van der Waals surface area contributed by atoms with Crippen molar-refractivity contribution >= 4 is 28.9 Å². The van der Waals surface area contributed by atoms with Gasteiger partial charge in [-0.15, -0.1) is 0 Å². The lowest BCUT2D eigenvalue weighted by molar-refractivity contribution is -0.123. The molecule has 3 aromatic rings. The average molecular weight is 434 g/mol. The summed E-state index contributed by atoms with van der Waals surface area (Å²) in [5.41, 5.74) is 6.04. The third-order valence-electron chi connectivity index (χ3n) is 5.69. The Morgan fingerprint density at radius 1 is 1.12 bits per heavy atom. The number of benzene rings is 2. The maximum absolute atomic E-state index is 12.8. The molecule has 2 amide bonds. The molecule has 1 atom stereocenters. The molecule has 0 fully saturated rings. The molecular formula is C24H26N4O4. The van der Waals surface area contributed by atoms with Gasteiger partial charge in [0.2, 0.25) is 6.79 Å². The summed E-state index contributed by atoms with van der Waals surface area (Å²) >= 11 is 0. The lowest BCUT2D eigenvalue weighted by atomic mass is 10.0. The number of hydrazone groups is 1. The molecule has 1 aliphatic heterocycles. The summed E-state index contributed by atoms with van der Waals surface area (Å²) in [5, 5.41) is 8.02. The van der Waals surface area contributed by atoms with Crippen LogP contribution in [0.2, 0.25) is 0 Å². The minimum atomic E-state index is -0.751. The third kappa shape index (κ3) is 4.03. The number of fused-ring (bicyclic) bond motifs is 2. The molecule has 4 rings (SSSR count). The molecule has 0 saturated carbocycles. The van der Waals surface area contributed by atoms with Gasteiger partial charge in [0.05, 0.1) is 6.21 Å². The van der Waals surface area contributed by atoms with Crippen LogP contribution in [-0.2, 0) is 11.8 Å². The Balaban J connectivity index is 1.46. The van der Waals surface area contributed by atoms with E-state index in [0.29, 0.717) is 17.1 Å². The fraction of sp³-hybridized carbons (Fsp3) is 0.292. The number of nitrogens with zero attached hydrogens (tertiary/aromatic N) is 2. The van der Waals surface area contributed by atoms with E-state index in [0.717, 1.165) is 22.2 Å². The maximum atomic E-state index is 12.8. The highest BCUT2D eigenvalue weighted by Crippen LogP contribution is 2.32. The minimum absolute atomic E-state index is 0.131. The lowest BCUT2D eigenvalue weighted by Crippen LogP contribution is -2.48. The Bertz CT molecular complexity index is 1210. The normalized spacial score (nSPS) is 13.7. The molecule has 0 spiro atoms. The SMILES string of the molecule is Cc1c(/C=N\NC(=O)C(NC(=O)c2ccc3c(c2)OCO3)C(C)C)c2ccccc2n1C. The Labute approximate surface area is 186 Å². The van der Waals surface area contributed by atoms with Gasteiger partial charge in [0.25, 0.3) is 11.8 Å². The van der Waals surface area contributed by atoms with Gasteiger partial charge in [-0.2, -0.15) is 5.10 Å². The first-order valence-corrected chi connectivity index (χ1v) is 10.4. The summed E-state index contributed by atoms with van der Waals surface area (Å²) in [7, 11) is 1.99. The standard InChI is InChI=1S/C24H26N4O4/c1-14(2)22(26-23(29)16-9-10-20-21(11-16)32-13-31-20)24(30)27-25-12-18-15(3)28(4)19-8-6-5-7-17(18)19/h5-12,14,22H,13H2,1-4H3,(H,26,29)(H,27,30)/b25-12-. The van der Waals surface area contributed by atoms with E-state index >= 15 is 0 Å². The molecule has 0 bridgehead atoms. The van der Waals surface area contributed by atoms with E-state index in [1.807, 2.05) is 52.1 Å². The lowest BCUT2D eigenvalue weighted by Gasteiger charge is -2.20. The number of carbonyl (C=O) groups excluding carboxylic acids is 2. The fourth-order valence-corrected chi connectivity index (χ4v) is 3.74. The monoisotopic (exact) mass is 434 g/mol. The molecule has 166 valence electrons. The zero-order valence-corrected chi connectivity index (χ0v) is 18.5. The molecule has 1 unspecified atom stereocenters. The predicted octanol–water partition coefficient (Wildman–Crippen LogP) is 3.12. The van der Waals surface area contributed by atoms with Crippen LogP contribution in [0.3, 0.4) is 0 Å². The van der Waals surface area contributed by atoms with Crippen LogP contribution >= 0.6 is 0 Å². The first kappa shape index (κ1) is 21.4. The van der Waals surface area contributed by atoms with Crippen LogP contribution in [-0.4, -0.2) is 35.4 Å². The van der Waals surface area contributed by atoms with Gasteiger partial charge >= 0.3 is 0 Å². The molecule has 1 aromatic heterocycles. The van der Waals surface area contributed by atoms with E-state index in [2.05, 4.69) is 20.4 Å². The molecule has 32 heavy (non-hydrogen) atoms. The van der Waals surface area contributed by atoms with Gasteiger partial charge in [-0.05, 0) is 37.1 Å². The van der Waals surface area contributed by atoms with Crippen molar-refractivity contribution in [1.82, 2.24) is 15.3 Å². The van der Waals surface area contributed by atoms with Crippen LogP contribution in [0.15, 0.2) is 47.6 Å². The fourth-order valence-electron chi connectivity index (χ4n) is 3.74. The van der Waals surface area contributed by atoms with Gasteiger partial charge < -0.3 is 19.4 Å². The van der Waals surface area contributed by atoms with Crippen molar-refractivity contribution in [2.75, 3.05) is 6.79 Å². The number of hydrogen-bond acceptors (Lipinski definition) is 5. The first-order chi connectivity index (χ1) is 15.4. The number of aryl methyl sites for hydroxylation is 1. The highest BCUT2D eigenvalue weighted by molar-refractivity contribution is 6.02. The van der Waals surface area contributed by atoms with Crippen molar-refractivity contribution in [3.63, 3.8) is 0 Å². The van der Waals surface area contributed by atoms with Gasteiger partial charge in [0, 0.05) is 34.8 Å². The largest absolute Gasteiger partial charge is 0.454 e. The van der Waals surface area contributed by atoms with Gasteiger partial charge in [0.15, 0.2) is 11.5 Å². The molecule has 1 aliphatic rings. The topological polar surface area (TPSA) is 94.0 Å². The first-order valence-electron chi connectivity index (χ1n) is 10.4. The van der Waals surface area contributed by atoms with E-state index in [4.69, 9.17) is 9.47 Å². The Hall–Kier alpha value is -3.81. The number of aromatic nitrogens is 1. The molecular weight excluding hydrogens is 408 g/mol. The number of hydrogen-bond donors (Lipinski definition) is 2. The quantitative estimate of drug-likeness (QED) is 0.460. The number of rotatable bonds is 6. The molecule has 8 nitrogen and oxygen atoms in total. The van der Waals surface area contributed by atoms with Crippen LogP contribution in [0.5, 0.6) is 11.5 Å². The second-order valence-corrected chi connectivity index (χ2v) is 8.07. The Morgan fingerprint density at radius 3 is 2.66 bits per heavy atom. The number of ether oxygens (including phenoxy) is 2. The summed E-state index contributed by atoms with van der Waals surface area (Å²) in [4.78, 5) is 25.5. The molecule has 0 radical (unpaired) electrons. The van der Waals surface area contributed by atoms with Gasteiger partial charge in [-0.3, -0.25) is 9.59 Å². The van der Waals surface area contributed by atoms with E-state index in [1.165, 1.54) is 0 Å². The number of amides is 2. The molecule has 8 heteroatoms. The molecule has 2 aromatic carbocycles. The summed E-state index contributed by atoms with van der Waals surface area (Å²) in [6, 6.07) is 12.2. The second-order valence-electron chi connectivity index (χ2n) is 8.07. The van der Waals surface area contributed by atoms with Crippen molar-refractivity contribution in [2.45, 2.75) is 26.8 Å². The van der Waals surface area contributed by atoms with E-state index in [-0.39, 0.29) is 24.5 Å². The Morgan fingerprint density at radius 2 is 1.88 bits per heavy atom. The summed E-state index contributed by atoms with van der Waals surface area (Å²) in [6.45, 7) is 5.86. The number of nitrogens with one attached hydrogen (secondary N) is 2. The third-order valence-corrected chi connectivity index (χ3v) is 5.69. The Kier molecular flexibility index (Phi) is 5.85. The van der Waals surface area contributed by atoms with Crippen molar-refractivity contribution in [3.05, 3.63) is 59.3 Å². The smallest absolute Gasteiger partial charge is 0.262 e. The van der Waals surface area contributed by atoms with Crippen molar-refractivity contribution in [1.29, 1.82) is 0 Å². The van der Waals surface area contributed by atoms with E-state index in [9.17, 15) is 9.59 Å². The molecule has 2 N–H and O–H groups in total. The van der Waals surface area contributed by atoms with Crippen LogP contribution in [0.4, 0.5) is 0 Å². The maximum Gasteiger partial charge on any atom is 0.262 e. The zero-order valence-electron chi connectivity index (χ0n) is 18.5. The van der Waals surface area contributed by atoms with Crippen LogP contribution in [0.25, 0.3) is 10.9 Å². The minimum Gasteiger partial charge on any atom is -0.454 e. The molecule has 2 heterocycles. The average Bonchev–Trinajstić information content (AvgIpc) is 3.35. The van der Waals surface area contributed by atoms with Gasteiger partial charge in [-0.1, -0.05) is 32.0 Å². The molecule has 0 aliphatic carbocycles. The predicted molar refractivity (Wildman–Crippen MR) is 122 cm³/mol. The second kappa shape index (κ2) is 8.74. The van der Waals surface area contributed by atoms with E-state index < -0.39 is 6.04 Å². The van der Waals surface area contributed by atoms with Crippen LogP contribution in [0, 0.1) is 12.8 Å². The zero-order chi connectivity index (χ0) is 22.8. The van der Waals surface area contributed by atoms with Crippen LogP contribution in [0.1, 0.15) is 35.5 Å². The van der Waals surface area contributed by atoms with Crippen molar-refractivity contribution in [2.24, 2.45) is 18.1 Å². The van der Waals surface area contributed by atoms with Gasteiger partial charge in [0.1, 0.15) is 6.04 Å². The van der Waals surface area contributed by atoms with Crippen LogP contribution < -0.4 is 20.2 Å². The molecule has 0 saturated heterocycles. The van der Waals surface area contributed by atoms with Crippen molar-refractivity contribution < 1.29 is 19.1 Å². The highest BCUT2D eigenvalue weighted by Gasteiger charge is 2.25.